The normalized spacial score (nSPS) is 8.40. The van der Waals surface area contributed by atoms with Crippen LogP contribution in [-0.2, 0) is 4.79 Å². The summed E-state index contributed by atoms with van der Waals surface area (Å²) in [5.74, 6) is 1.21. The molecule has 0 radical (unpaired) electrons. The summed E-state index contributed by atoms with van der Waals surface area (Å²) in [7, 11) is 1.60. The van der Waals surface area contributed by atoms with Gasteiger partial charge >= 0.3 is 0 Å². The van der Waals surface area contributed by atoms with Crippen LogP contribution < -0.4 is 5.32 Å². The highest BCUT2D eigenvalue weighted by Gasteiger charge is 1.95. The summed E-state index contributed by atoms with van der Waals surface area (Å²) in [4.78, 5) is 10.6. The fourth-order valence-electron chi connectivity index (χ4n) is 0.355. The highest BCUT2D eigenvalue weighted by Crippen LogP contribution is 1.99. The van der Waals surface area contributed by atoms with Crippen molar-refractivity contribution in [3.05, 3.63) is 0 Å². The fraction of sp³-hybridized carbons (Fsp3) is 0.667. The Kier molecular flexibility index (Phi) is 5.99. The van der Waals surface area contributed by atoms with Crippen LogP contribution in [0.15, 0.2) is 0 Å². The number of hydrogen-bond acceptors (Lipinski definition) is 3. The summed E-state index contributed by atoms with van der Waals surface area (Å²) in [5.41, 5.74) is 0. The molecule has 4 heteroatoms. The zero-order valence-corrected chi connectivity index (χ0v) is 6.70. The molecule has 0 saturated carbocycles. The van der Waals surface area contributed by atoms with E-state index in [1.165, 1.54) is 11.8 Å². The van der Waals surface area contributed by atoms with Gasteiger partial charge in [-0.3, -0.25) is 4.79 Å². The molecule has 0 rings (SSSR count). The van der Waals surface area contributed by atoms with Crippen LogP contribution in [0.5, 0.6) is 0 Å². The van der Waals surface area contributed by atoms with Crippen LogP contribution in [0.4, 0.5) is 0 Å². The lowest BCUT2D eigenvalue weighted by Gasteiger charge is -1.95. The van der Waals surface area contributed by atoms with E-state index in [4.69, 9.17) is 5.26 Å². The van der Waals surface area contributed by atoms with Crippen molar-refractivity contribution in [2.75, 3.05) is 18.6 Å². The Labute approximate surface area is 64.8 Å². The van der Waals surface area contributed by atoms with Crippen molar-refractivity contribution in [2.45, 2.75) is 6.42 Å². The first-order valence-electron chi connectivity index (χ1n) is 2.96. The smallest absolute Gasteiger partial charge is 0.229 e. The molecule has 3 nitrogen and oxygen atoms in total. The fourth-order valence-corrected chi connectivity index (χ4v) is 1.06. The number of hydrogen-bond donors (Lipinski definition) is 1. The van der Waals surface area contributed by atoms with Gasteiger partial charge in [-0.1, -0.05) is 0 Å². The van der Waals surface area contributed by atoms with Crippen LogP contribution in [-0.4, -0.2) is 24.5 Å². The van der Waals surface area contributed by atoms with Crippen molar-refractivity contribution in [1.82, 2.24) is 5.32 Å². The number of carbonyl (C=O) groups is 1. The number of nitriles is 1. The van der Waals surface area contributed by atoms with Crippen LogP contribution in [0.3, 0.4) is 0 Å². The van der Waals surface area contributed by atoms with Gasteiger partial charge in [-0.25, -0.2) is 0 Å². The molecule has 0 spiro atoms. The standard InChI is InChI=1S/C6H10N2OS/c1-8-6(9)5-10-4-2-3-7/h2,4-5H2,1H3,(H,8,9). The molecule has 1 N–H and O–H groups in total. The van der Waals surface area contributed by atoms with Crippen LogP contribution in [0, 0.1) is 11.3 Å². The maximum Gasteiger partial charge on any atom is 0.229 e. The van der Waals surface area contributed by atoms with Gasteiger partial charge in [-0.05, 0) is 0 Å². The second-order valence-electron chi connectivity index (χ2n) is 1.63. The van der Waals surface area contributed by atoms with E-state index in [-0.39, 0.29) is 5.91 Å². The maximum absolute atomic E-state index is 10.6. The number of carbonyl (C=O) groups excluding carboxylic acids is 1. The third-order valence-electron chi connectivity index (χ3n) is 0.870. The van der Waals surface area contributed by atoms with Crippen molar-refractivity contribution in [2.24, 2.45) is 0 Å². The predicted molar refractivity (Wildman–Crippen MR) is 41.6 cm³/mol. The van der Waals surface area contributed by atoms with Gasteiger partial charge in [0, 0.05) is 19.2 Å². The minimum atomic E-state index is 0.0166. The first-order valence-corrected chi connectivity index (χ1v) is 4.12. The molecule has 56 valence electrons. The van der Waals surface area contributed by atoms with Crippen molar-refractivity contribution in [1.29, 1.82) is 5.26 Å². The average molecular weight is 158 g/mol. The minimum Gasteiger partial charge on any atom is -0.358 e. The molecule has 0 aliphatic heterocycles. The lowest BCUT2D eigenvalue weighted by molar-refractivity contribution is -0.118. The molecule has 0 saturated heterocycles. The molecule has 0 fully saturated rings. The first kappa shape index (κ1) is 9.31. The minimum absolute atomic E-state index is 0.0166. The molecule has 0 aliphatic rings. The number of rotatable bonds is 4. The number of nitrogens with one attached hydrogen (secondary N) is 1. The van der Waals surface area contributed by atoms with E-state index in [1.54, 1.807) is 7.05 Å². The van der Waals surface area contributed by atoms with Crippen LogP contribution in [0.25, 0.3) is 0 Å². The summed E-state index contributed by atoms with van der Waals surface area (Å²) in [6.07, 6.45) is 0.516. The Morgan fingerprint density at radius 1 is 1.80 bits per heavy atom. The van der Waals surface area contributed by atoms with Gasteiger partial charge in [0.2, 0.25) is 5.91 Å². The summed E-state index contributed by atoms with van der Waals surface area (Å²) >= 11 is 1.48. The molecule has 0 unspecified atom stereocenters. The van der Waals surface area contributed by atoms with Gasteiger partial charge in [-0.15, -0.1) is 0 Å². The van der Waals surface area contributed by atoms with Crippen LogP contribution in [0.2, 0.25) is 0 Å². The van der Waals surface area contributed by atoms with Crippen LogP contribution >= 0.6 is 11.8 Å². The highest BCUT2D eigenvalue weighted by molar-refractivity contribution is 7.99. The largest absolute Gasteiger partial charge is 0.358 e. The molecule has 0 aromatic carbocycles. The number of thioether (sulfide) groups is 1. The van der Waals surface area contributed by atoms with Crippen molar-refractivity contribution in [3.63, 3.8) is 0 Å². The molecule has 10 heavy (non-hydrogen) atoms. The van der Waals surface area contributed by atoms with Gasteiger partial charge in [0.15, 0.2) is 0 Å². The summed E-state index contributed by atoms with van der Waals surface area (Å²) in [6, 6.07) is 2.01. The SMILES string of the molecule is CNC(=O)CSCCC#N. The van der Waals surface area contributed by atoms with Crippen molar-refractivity contribution in [3.8, 4) is 6.07 Å². The molecule has 0 aromatic rings. The molecule has 0 aromatic heterocycles. The summed E-state index contributed by atoms with van der Waals surface area (Å²) in [6.45, 7) is 0. The summed E-state index contributed by atoms with van der Waals surface area (Å²) in [5, 5.41) is 10.6. The molecule has 1 amide bonds. The summed E-state index contributed by atoms with van der Waals surface area (Å²) < 4.78 is 0. The third kappa shape index (κ3) is 5.45. The van der Waals surface area contributed by atoms with Gasteiger partial charge in [0.25, 0.3) is 0 Å². The van der Waals surface area contributed by atoms with E-state index in [0.717, 1.165) is 5.75 Å². The van der Waals surface area contributed by atoms with Crippen molar-refractivity contribution >= 4 is 17.7 Å². The van der Waals surface area contributed by atoms with Gasteiger partial charge in [0.1, 0.15) is 0 Å². The van der Waals surface area contributed by atoms with Crippen LogP contribution in [0.1, 0.15) is 6.42 Å². The number of amides is 1. The average Bonchev–Trinajstić information content (AvgIpc) is 1.98. The molecular weight excluding hydrogens is 148 g/mol. The Morgan fingerprint density at radius 3 is 3.00 bits per heavy atom. The molecule has 0 atom stereocenters. The van der Waals surface area contributed by atoms with E-state index < -0.39 is 0 Å². The second-order valence-corrected chi connectivity index (χ2v) is 2.74. The van der Waals surface area contributed by atoms with Crippen molar-refractivity contribution < 1.29 is 4.79 Å². The zero-order valence-electron chi connectivity index (χ0n) is 5.89. The molecular formula is C6H10N2OS. The predicted octanol–water partition coefficient (Wildman–Crippen LogP) is 0.379. The van der Waals surface area contributed by atoms with Gasteiger partial charge in [-0.2, -0.15) is 17.0 Å². The van der Waals surface area contributed by atoms with E-state index in [2.05, 4.69) is 5.32 Å². The second kappa shape index (κ2) is 6.43. The highest BCUT2D eigenvalue weighted by atomic mass is 32.2. The molecule has 0 bridgehead atoms. The van der Waals surface area contributed by atoms with Gasteiger partial charge in [0.05, 0.1) is 11.8 Å². The molecule has 0 aliphatic carbocycles. The maximum atomic E-state index is 10.6. The Bertz CT molecular complexity index is 141. The lowest BCUT2D eigenvalue weighted by Crippen LogP contribution is -2.19. The van der Waals surface area contributed by atoms with E-state index in [1.807, 2.05) is 6.07 Å². The quantitative estimate of drug-likeness (QED) is 0.602. The zero-order chi connectivity index (χ0) is 7.82. The lowest BCUT2D eigenvalue weighted by atomic mass is 10.6. The Hall–Kier alpha value is -0.690. The Balaban J connectivity index is 3.05. The van der Waals surface area contributed by atoms with Gasteiger partial charge < -0.3 is 5.32 Å². The van der Waals surface area contributed by atoms with E-state index >= 15 is 0 Å². The van der Waals surface area contributed by atoms with E-state index in [9.17, 15) is 4.79 Å². The first-order chi connectivity index (χ1) is 4.81. The van der Waals surface area contributed by atoms with E-state index in [0.29, 0.717) is 12.2 Å². The number of nitrogens with zero attached hydrogens (tertiary/aromatic N) is 1. The monoisotopic (exact) mass is 158 g/mol. The molecule has 0 heterocycles. The Morgan fingerprint density at radius 2 is 2.50 bits per heavy atom. The third-order valence-corrected chi connectivity index (χ3v) is 1.83. The topological polar surface area (TPSA) is 52.9 Å².